The van der Waals surface area contributed by atoms with Crippen molar-refractivity contribution < 1.29 is 29.3 Å². The van der Waals surface area contributed by atoms with Gasteiger partial charge in [0, 0.05) is 13.1 Å². The van der Waals surface area contributed by atoms with E-state index in [9.17, 15) is 19.8 Å². The number of nitrogens with zero attached hydrogens (tertiary/aromatic N) is 4. The number of anilines is 1. The number of unbranched alkanes of at least 4 members (excludes halogenated alkanes) is 1. The van der Waals surface area contributed by atoms with Crippen LogP contribution in [0.5, 0.6) is 11.5 Å². The summed E-state index contributed by atoms with van der Waals surface area (Å²) >= 11 is 0. The molecule has 12 heteroatoms. The molecule has 3 atom stereocenters. The summed E-state index contributed by atoms with van der Waals surface area (Å²) in [6, 6.07) is 3.26. The number of carbonyl (C=O) groups excluding carboxylic acids is 1. The monoisotopic (exact) mass is 558 g/mol. The first-order chi connectivity index (χ1) is 19.0. The van der Waals surface area contributed by atoms with Crippen molar-refractivity contribution in [1.82, 2.24) is 24.6 Å². The standard InChI is InChI=1S/C28H42N6O6/c1-8-11-12-17(23(35)26(36)30-20-15-16-29-32-20)34(27(37)38)24(28(4,5)6)25-31-21-18(39-9-2)13-14-19(40-10-3)22(21)33(25)7/h13-17,23-24,35H,8-12H2,1-7H3,(H,37,38)(H2,29,30,32,36)/t17-,23-,24?/m0/s1. The lowest BCUT2D eigenvalue weighted by Crippen LogP contribution is -2.55. The Morgan fingerprint density at radius 2 is 1.77 bits per heavy atom. The van der Waals surface area contributed by atoms with Gasteiger partial charge in [0.15, 0.2) is 6.10 Å². The fraction of sp³-hybridized carbons (Fsp3) is 0.571. The SMILES string of the molecule is CCCC[C@@H]([C@H](O)C(=O)Nc1ccn[nH]1)N(C(=O)O)C(c1nc2c(OCC)ccc(OCC)c2n1C)C(C)(C)C. The molecule has 40 heavy (non-hydrogen) atoms. The summed E-state index contributed by atoms with van der Waals surface area (Å²) in [7, 11) is 1.81. The van der Waals surface area contributed by atoms with Gasteiger partial charge in [-0.25, -0.2) is 9.78 Å². The van der Waals surface area contributed by atoms with Crippen molar-refractivity contribution in [3.05, 3.63) is 30.2 Å². The number of carbonyl (C=O) groups is 2. The molecule has 3 aromatic rings. The lowest BCUT2D eigenvalue weighted by molar-refractivity contribution is -0.128. The van der Waals surface area contributed by atoms with E-state index in [0.29, 0.717) is 53.8 Å². The van der Waals surface area contributed by atoms with Crippen LogP contribution in [0.2, 0.25) is 0 Å². The van der Waals surface area contributed by atoms with Gasteiger partial charge in [0.1, 0.15) is 34.2 Å². The molecule has 0 fully saturated rings. The maximum Gasteiger partial charge on any atom is 0.408 e. The van der Waals surface area contributed by atoms with Crippen LogP contribution >= 0.6 is 0 Å². The van der Waals surface area contributed by atoms with Crippen molar-refractivity contribution >= 4 is 28.9 Å². The molecule has 0 bridgehead atoms. The Bertz CT molecular complexity index is 1280. The van der Waals surface area contributed by atoms with E-state index < -0.39 is 35.6 Å². The first kappa shape index (κ1) is 30.7. The number of ether oxygens (including phenoxy) is 2. The number of hydrogen-bond donors (Lipinski definition) is 4. The summed E-state index contributed by atoms with van der Waals surface area (Å²) in [5.74, 6) is 1.17. The lowest BCUT2D eigenvalue weighted by atomic mass is 9.83. The number of benzene rings is 1. The van der Waals surface area contributed by atoms with E-state index in [2.05, 4.69) is 15.5 Å². The van der Waals surface area contributed by atoms with Gasteiger partial charge in [-0.2, -0.15) is 5.10 Å². The third kappa shape index (κ3) is 6.49. The molecule has 1 unspecified atom stereocenters. The van der Waals surface area contributed by atoms with Crippen molar-refractivity contribution in [2.75, 3.05) is 18.5 Å². The number of aliphatic hydroxyl groups excluding tert-OH is 1. The Balaban J connectivity index is 2.20. The first-order valence-electron chi connectivity index (χ1n) is 13.7. The number of amides is 2. The van der Waals surface area contributed by atoms with E-state index in [1.807, 2.05) is 59.2 Å². The number of H-pyrrole nitrogens is 1. The number of aromatic nitrogens is 4. The molecule has 2 heterocycles. The second-order valence-electron chi connectivity index (χ2n) is 10.7. The molecule has 12 nitrogen and oxygen atoms in total. The fourth-order valence-electron chi connectivity index (χ4n) is 5.01. The number of carboxylic acid groups (broad SMARTS) is 1. The average molecular weight is 559 g/mol. The average Bonchev–Trinajstić information content (AvgIpc) is 3.52. The van der Waals surface area contributed by atoms with Crippen LogP contribution < -0.4 is 14.8 Å². The number of rotatable bonds is 13. The molecule has 3 rings (SSSR count). The summed E-state index contributed by atoms with van der Waals surface area (Å²) in [5, 5.41) is 31.0. The number of nitrogens with one attached hydrogen (secondary N) is 2. The molecule has 0 saturated carbocycles. The molecule has 0 saturated heterocycles. The molecule has 4 N–H and O–H groups in total. The minimum absolute atomic E-state index is 0.269. The summed E-state index contributed by atoms with van der Waals surface area (Å²) in [6.45, 7) is 12.3. The van der Waals surface area contributed by atoms with E-state index in [-0.39, 0.29) is 6.42 Å². The van der Waals surface area contributed by atoms with Crippen LogP contribution in [0.1, 0.15) is 72.7 Å². The molecule has 0 radical (unpaired) electrons. The highest BCUT2D eigenvalue weighted by molar-refractivity contribution is 5.94. The number of aryl methyl sites for hydroxylation is 1. The second-order valence-corrected chi connectivity index (χ2v) is 10.7. The van der Waals surface area contributed by atoms with Gasteiger partial charge in [-0.15, -0.1) is 0 Å². The Kier molecular flexibility index (Phi) is 10.0. The Morgan fingerprint density at radius 1 is 1.12 bits per heavy atom. The Morgan fingerprint density at radius 3 is 2.33 bits per heavy atom. The maximum atomic E-state index is 13.1. The van der Waals surface area contributed by atoms with Crippen molar-refractivity contribution in [1.29, 1.82) is 0 Å². The van der Waals surface area contributed by atoms with E-state index in [1.165, 1.54) is 11.1 Å². The molecular weight excluding hydrogens is 516 g/mol. The molecule has 2 aromatic heterocycles. The highest BCUT2D eigenvalue weighted by Gasteiger charge is 2.45. The van der Waals surface area contributed by atoms with Crippen LogP contribution in [-0.2, 0) is 11.8 Å². The highest BCUT2D eigenvalue weighted by Crippen LogP contribution is 2.43. The van der Waals surface area contributed by atoms with Gasteiger partial charge in [-0.3, -0.25) is 14.8 Å². The van der Waals surface area contributed by atoms with Crippen LogP contribution in [0.3, 0.4) is 0 Å². The van der Waals surface area contributed by atoms with Gasteiger partial charge in [-0.1, -0.05) is 40.5 Å². The van der Waals surface area contributed by atoms with E-state index in [4.69, 9.17) is 14.5 Å². The van der Waals surface area contributed by atoms with Gasteiger partial charge in [0.25, 0.3) is 5.91 Å². The van der Waals surface area contributed by atoms with Crippen LogP contribution in [0.15, 0.2) is 24.4 Å². The van der Waals surface area contributed by atoms with E-state index in [1.54, 1.807) is 12.1 Å². The molecule has 0 spiro atoms. The van der Waals surface area contributed by atoms with Crippen LogP contribution in [0.25, 0.3) is 11.0 Å². The van der Waals surface area contributed by atoms with Crippen molar-refractivity contribution in [3.63, 3.8) is 0 Å². The molecule has 220 valence electrons. The minimum Gasteiger partial charge on any atom is -0.492 e. The Labute approximate surface area is 234 Å². The van der Waals surface area contributed by atoms with Gasteiger partial charge in [0.05, 0.1) is 31.5 Å². The minimum atomic E-state index is -1.65. The van der Waals surface area contributed by atoms with Crippen LogP contribution in [-0.4, -0.2) is 72.2 Å². The molecule has 1 aromatic carbocycles. The maximum absolute atomic E-state index is 13.1. The molecular formula is C28H42N6O6. The zero-order valence-corrected chi connectivity index (χ0v) is 24.4. The predicted molar refractivity (Wildman–Crippen MR) is 152 cm³/mol. The zero-order chi connectivity index (χ0) is 29.6. The second kappa shape index (κ2) is 13.0. The quantitative estimate of drug-likeness (QED) is 0.235. The number of aliphatic hydroxyl groups is 1. The Hall–Kier alpha value is -3.80. The van der Waals surface area contributed by atoms with E-state index >= 15 is 0 Å². The smallest absolute Gasteiger partial charge is 0.408 e. The van der Waals surface area contributed by atoms with Crippen LogP contribution in [0.4, 0.5) is 10.6 Å². The van der Waals surface area contributed by atoms with Gasteiger partial charge >= 0.3 is 6.09 Å². The summed E-state index contributed by atoms with van der Waals surface area (Å²) < 4.78 is 13.6. The van der Waals surface area contributed by atoms with E-state index in [0.717, 1.165) is 6.42 Å². The van der Waals surface area contributed by atoms with Crippen molar-refractivity contribution in [2.45, 2.75) is 79.0 Å². The normalized spacial score (nSPS) is 14.0. The van der Waals surface area contributed by atoms with Crippen LogP contribution in [0, 0.1) is 5.41 Å². The highest BCUT2D eigenvalue weighted by atomic mass is 16.5. The number of aromatic amines is 1. The predicted octanol–water partition coefficient (Wildman–Crippen LogP) is 4.72. The zero-order valence-electron chi connectivity index (χ0n) is 24.4. The van der Waals surface area contributed by atoms with Gasteiger partial charge < -0.3 is 29.6 Å². The van der Waals surface area contributed by atoms with Gasteiger partial charge in [0.2, 0.25) is 0 Å². The molecule has 0 aliphatic heterocycles. The summed E-state index contributed by atoms with van der Waals surface area (Å²) in [6.07, 6.45) is 0.172. The number of fused-ring (bicyclic) bond motifs is 1. The third-order valence-electron chi connectivity index (χ3n) is 6.75. The molecule has 0 aliphatic rings. The fourth-order valence-corrected chi connectivity index (χ4v) is 5.01. The topological polar surface area (TPSA) is 155 Å². The summed E-state index contributed by atoms with van der Waals surface area (Å²) in [5.41, 5.74) is 0.535. The van der Waals surface area contributed by atoms with Gasteiger partial charge in [-0.05, 0) is 37.8 Å². The largest absolute Gasteiger partial charge is 0.492 e. The molecule has 2 amide bonds. The number of hydrogen-bond acceptors (Lipinski definition) is 7. The number of imidazole rings is 1. The summed E-state index contributed by atoms with van der Waals surface area (Å²) in [4.78, 5) is 32.3. The lowest BCUT2D eigenvalue weighted by Gasteiger charge is -2.43. The van der Waals surface area contributed by atoms with Crippen molar-refractivity contribution in [2.24, 2.45) is 12.5 Å². The molecule has 0 aliphatic carbocycles. The first-order valence-corrected chi connectivity index (χ1v) is 13.7. The third-order valence-corrected chi connectivity index (χ3v) is 6.75. The van der Waals surface area contributed by atoms with Crippen molar-refractivity contribution in [3.8, 4) is 11.5 Å².